The number of amides is 1. The molecular formula is C16H12N4O5. The van der Waals surface area contributed by atoms with E-state index in [0.29, 0.717) is 11.1 Å². The molecule has 9 heteroatoms. The molecule has 0 radical (unpaired) electrons. The molecule has 3 aromatic rings. The minimum absolute atomic E-state index is 0.118. The normalized spacial score (nSPS) is 12.5. The first-order chi connectivity index (χ1) is 12.0. The van der Waals surface area contributed by atoms with Gasteiger partial charge in [-0.25, -0.2) is 0 Å². The summed E-state index contributed by atoms with van der Waals surface area (Å²) >= 11 is 0. The predicted octanol–water partition coefficient (Wildman–Crippen LogP) is 3.13. The molecule has 2 aromatic carbocycles. The zero-order chi connectivity index (χ0) is 18.0. The first-order valence-corrected chi connectivity index (χ1v) is 7.15. The van der Waals surface area contributed by atoms with Gasteiger partial charge >= 0.3 is 0 Å². The molecule has 0 saturated heterocycles. The molecule has 1 amide bonds. The molecule has 126 valence electrons. The lowest BCUT2D eigenvalue weighted by atomic mass is 10.1. The molecule has 0 aliphatic rings. The molecule has 3 rings (SSSR count). The number of fused-ring (bicyclic) bond motifs is 1. The van der Waals surface area contributed by atoms with E-state index in [-0.39, 0.29) is 22.6 Å². The number of benzene rings is 2. The Morgan fingerprint density at radius 3 is 2.60 bits per heavy atom. The second-order valence-electron chi connectivity index (χ2n) is 5.16. The van der Waals surface area contributed by atoms with Gasteiger partial charge in [-0.15, -0.1) is 10.2 Å². The highest BCUT2D eigenvalue weighted by molar-refractivity contribution is 5.96. The van der Waals surface area contributed by atoms with Gasteiger partial charge in [0.1, 0.15) is 0 Å². The molecule has 1 heterocycles. The Bertz CT molecular complexity index is 981. The summed E-state index contributed by atoms with van der Waals surface area (Å²) in [4.78, 5) is 24.8. The van der Waals surface area contributed by atoms with Crippen molar-refractivity contribution in [1.82, 2.24) is 4.98 Å². The van der Waals surface area contributed by atoms with Crippen LogP contribution in [0, 0.1) is 10.1 Å². The van der Waals surface area contributed by atoms with Crippen LogP contribution < -0.4 is 0 Å². The smallest absolute Gasteiger partial charge is 0.297 e. The number of azo groups is 1. The number of hydrogen-bond donors (Lipinski definition) is 3. The summed E-state index contributed by atoms with van der Waals surface area (Å²) in [7, 11) is 0. The summed E-state index contributed by atoms with van der Waals surface area (Å²) < 4.78 is 0. The number of nitro groups is 1. The maximum Gasteiger partial charge on any atom is 0.297 e. The third-order valence-corrected chi connectivity index (χ3v) is 3.54. The third-order valence-electron chi connectivity index (χ3n) is 3.54. The summed E-state index contributed by atoms with van der Waals surface area (Å²) in [5.41, 5.74) is 0.434. The lowest BCUT2D eigenvalue weighted by molar-refractivity contribution is -0.384. The van der Waals surface area contributed by atoms with Crippen molar-refractivity contribution in [2.24, 2.45) is 10.2 Å². The highest BCUT2D eigenvalue weighted by Crippen LogP contribution is 2.37. The molecule has 0 spiro atoms. The molecule has 1 atom stereocenters. The van der Waals surface area contributed by atoms with Crippen molar-refractivity contribution in [1.29, 1.82) is 0 Å². The van der Waals surface area contributed by atoms with Crippen molar-refractivity contribution < 1.29 is 19.9 Å². The van der Waals surface area contributed by atoms with E-state index in [1.54, 1.807) is 30.3 Å². The van der Waals surface area contributed by atoms with Gasteiger partial charge in [0, 0.05) is 17.5 Å². The minimum Gasteiger partial charge on any atom is -0.493 e. The SMILES string of the molecule is O=C(N=Nc1c(O)[nH]c2ccc([N+](=O)[O-])cc12)[C@@H](O)c1ccccc1. The van der Waals surface area contributed by atoms with E-state index in [4.69, 9.17) is 0 Å². The van der Waals surface area contributed by atoms with Crippen LogP contribution in [0.2, 0.25) is 0 Å². The molecule has 0 saturated carbocycles. The van der Waals surface area contributed by atoms with Crippen LogP contribution in [0.15, 0.2) is 58.8 Å². The first kappa shape index (κ1) is 16.3. The fourth-order valence-electron chi connectivity index (χ4n) is 2.30. The van der Waals surface area contributed by atoms with Gasteiger partial charge in [-0.2, -0.15) is 0 Å². The number of aliphatic hydroxyl groups is 1. The van der Waals surface area contributed by atoms with Gasteiger partial charge in [-0.05, 0) is 11.6 Å². The van der Waals surface area contributed by atoms with Crippen molar-refractivity contribution in [3.63, 3.8) is 0 Å². The predicted molar refractivity (Wildman–Crippen MR) is 87.5 cm³/mol. The second-order valence-corrected chi connectivity index (χ2v) is 5.16. The largest absolute Gasteiger partial charge is 0.493 e. The molecule has 9 nitrogen and oxygen atoms in total. The van der Waals surface area contributed by atoms with Gasteiger partial charge in [0.25, 0.3) is 11.6 Å². The zero-order valence-corrected chi connectivity index (χ0v) is 12.7. The summed E-state index contributed by atoms with van der Waals surface area (Å²) in [6.07, 6.45) is -1.49. The number of carbonyl (C=O) groups is 1. The van der Waals surface area contributed by atoms with E-state index >= 15 is 0 Å². The number of carbonyl (C=O) groups excluding carboxylic acids is 1. The average molecular weight is 340 g/mol. The van der Waals surface area contributed by atoms with Gasteiger partial charge in [0.2, 0.25) is 5.88 Å². The number of nitro benzene ring substituents is 1. The maximum absolute atomic E-state index is 12.0. The molecular weight excluding hydrogens is 328 g/mol. The number of aromatic nitrogens is 1. The van der Waals surface area contributed by atoms with Crippen molar-refractivity contribution in [2.45, 2.75) is 6.10 Å². The number of rotatable bonds is 4. The number of aliphatic hydroxyl groups excluding tert-OH is 1. The quantitative estimate of drug-likeness (QED) is 0.380. The van der Waals surface area contributed by atoms with Crippen molar-refractivity contribution >= 4 is 28.2 Å². The zero-order valence-electron chi connectivity index (χ0n) is 12.7. The van der Waals surface area contributed by atoms with Crippen LogP contribution in [0.4, 0.5) is 11.4 Å². The third kappa shape index (κ3) is 3.21. The molecule has 25 heavy (non-hydrogen) atoms. The Kier molecular flexibility index (Phi) is 4.23. The Hall–Kier alpha value is -3.59. The number of H-pyrrole nitrogens is 1. The summed E-state index contributed by atoms with van der Waals surface area (Å²) in [6, 6.07) is 12.1. The molecule has 0 aliphatic heterocycles. The van der Waals surface area contributed by atoms with Crippen LogP contribution in [0.1, 0.15) is 11.7 Å². The van der Waals surface area contributed by atoms with E-state index in [1.165, 1.54) is 18.2 Å². The van der Waals surface area contributed by atoms with Crippen LogP contribution in [0.5, 0.6) is 5.88 Å². The highest BCUT2D eigenvalue weighted by Gasteiger charge is 2.18. The standard InChI is InChI=1S/C16H12N4O5/c21-14(9-4-2-1-3-5-9)16(23)19-18-13-11-8-10(20(24)25)6-7-12(11)17-15(13)22/h1-8,14,17,21-22H/t14-/m0/s1. The van der Waals surface area contributed by atoms with Crippen LogP contribution in [-0.2, 0) is 4.79 Å². The lowest BCUT2D eigenvalue weighted by Gasteiger charge is -2.04. The van der Waals surface area contributed by atoms with Crippen molar-refractivity contribution in [3.05, 3.63) is 64.2 Å². The summed E-state index contributed by atoms with van der Waals surface area (Å²) in [6.45, 7) is 0. The fraction of sp³-hybridized carbons (Fsp3) is 0.0625. The second kappa shape index (κ2) is 6.49. The topological polar surface area (TPSA) is 141 Å². The van der Waals surface area contributed by atoms with Gasteiger partial charge in [0.15, 0.2) is 11.8 Å². The van der Waals surface area contributed by atoms with E-state index in [2.05, 4.69) is 15.2 Å². The van der Waals surface area contributed by atoms with E-state index in [0.717, 1.165) is 0 Å². The number of nitrogens with one attached hydrogen (secondary N) is 1. The van der Waals surface area contributed by atoms with E-state index in [9.17, 15) is 25.1 Å². The van der Waals surface area contributed by atoms with Crippen LogP contribution >= 0.6 is 0 Å². The molecule has 0 fully saturated rings. The lowest BCUT2D eigenvalue weighted by Crippen LogP contribution is -2.08. The highest BCUT2D eigenvalue weighted by atomic mass is 16.6. The summed E-state index contributed by atoms with van der Waals surface area (Å²) in [5, 5.41) is 38.0. The number of aromatic hydroxyl groups is 1. The molecule has 0 unspecified atom stereocenters. The number of nitrogens with zero attached hydrogens (tertiary/aromatic N) is 3. The van der Waals surface area contributed by atoms with Crippen LogP contribution in [0.25, 0.3) is 10.9 Å². The van der Waals surface area contributed by atoms with Gasteiger partial charge < -0.3 is 15.2 Å². The average Bonchev–Trinajstić information content (AvgIpc) is 2.94. The fourth-order valence-corrected chi connectivity index (χ4v) is 2.30. The number of aromatic amines is 1. The maximum atomic E-state index is 12.0. The van der Waals surface area contributed by atoms with Crippen LogP contribution in [0.3, 0.4) is 0 Å². The Balaban J connectivity index is 1.92. The van der Waals surface area contributed by atoms with Crippen molar-refractivity contribution in [2.75, 3.05) is 0 Å². The Labute approximate surface area is 140 Å². The molecule has 1 aromatic heterocycles. The summed E-state index contributed by atoms with van der Waals surface area (Å²) in [5.74, 6) is -1.31. The first-order valence-electron chi connectivity index (χ1n) is 7.15. The number of hydrogen-bond acceptors (Lipinski definition) is 6. The monoisotopic (exact) mass is 340 g/mol. The van der Waals surface area contributed by atoms with Crippen LogP contribution in [-0.4, -0.2) is 26.0 Å². The van der Waals surface area contributed by atoms with Gasteiger partial charge in [-0.3, -0.25) is 14.9 Å². The van der Waals surface area contributed by atoms with E-state index < -0.39 is 16.9 Å². The molecule has 0 aliphatic carbocycles. The van der Waals surface area contributed by atoms with Crippen molar-refractivity contribution in [3.8, 4) is 5.88 Å². The molecule has 0 bridgehead atoms. The number of non-ortho nitro benzene ring substituents is 1. The van der Waals surface area contributed by atoms with Gasteiger partial charge in [-0.1, -0.05) is 30.3 Å². The Morgan fingerprint density at radius 2 is 1.92 bits per heavy atom. The van der Waals surface area contributed by atoms with Gasteiger partial charge in [0.05, 0.1) is 10.4 Å². The minimum atomic E-state index is -1.49. The van der Waals surface area contributed by atoms with E-state index in [1.807, 2.05) is 0 Å². The Morgan fingerprint density at radius 1 is 1.20 bits per heavy atom. The molecule has 3 N–H and O–H groups in total.